The maximum atomic E-state index is 13.1. The van der Waals surface area contributed by atoms with Crippen LogP contribution in [0.25, 0.3) is 0 Å². The van der Waals surface area contributed by atoms with Gasteiger partial charge >= 0.3 is 0 Å². The highest BCUT2D eigenvalue weighted by Crippen LogP contribution is 2.33. The fourth-order valence-electron chi connectivity index (χ4n) is 3.70. The Morgan fingerprint density at radius 1 is 1.35 bits per heavy atom. The molecule has 2 amide bonds. The van der Waals surface area contributed by atoms with E-state index in [9.17, 15) is 9.59 Å². The molecule has 0 aliphatic carbocycles. The summed E-state index contributed by atoms with van der Waals surface area (Å²) in [6.07, 6.45) is 1.77. The smallest absolute Gasteiger partial charge is 0.257 e. The number of carbonyl (C=O) groups excluding carboxylic acids is 2. The molecule has 0 N–H and O–H groups in total. The van der Waals surface area contributed by atoms with Gasteiger partial charge in [-0.05, 0) is 25.8 Å². The number of rotatable bonds is 1. The maximum absolute atomic E-state index is 13.1. The molecule has 5 heteroatoms. The Balaban J connectivity index is 1.88. The molecule has 2 atom stereocenters. The minimum Gasteiger partial charge on any atom is -0.465 e. The van der Waals surface area contributed by atoms with Gasteiger partial charge in [-0.25, -0.2) is 0 Å². The zero-order valence-corrected chi connectivity index (χ0v) is 14.7. The number of aryl methyl sites for hydroxylation is 1. The van der Waals surface area contributed by atoms with E-state index < -0.39 is 0 Å². The Morgan fingerprint density at radius 2 is 2.04 bits per heavy atom. The highest BCUT2D eigenvalue weighted by Gasteiger charge is 2.45. The number of piperidine rings is 1. The molecule has 23 heavy (non-hydrogen) atoms. The largest absolute Gasteiger partial charge is 0.465 e. The van der Waals surface area contributed by atoms with Gasteiger partial charge in [-0.1, -0.05) is 20.8 Å². The van der Waals surface area contributed by atoms with E-state index >= 15 is 0 Å². The zero-order chi connectivity index (χ0) is 16.9. The van der Waals surface area contributed by atoms with E-state index in [0.717, 1.165) is 25.1 Å². The third-order valence-corrected chi connectivity index (χ3v) is 5.08. The molecule has 2 aliphatic rings. The normalized spacial score (nSPS) is 25.0. The van der Waals surface area contributed by atoms with E-state index in [1.165, 1.54) is 0 Å². The van der Waals surface area contributed by atoms with Crippen LogP contribution in [0.3, 0.4) is 0 Å². The van der Waals surface area contributed by atoms with Crippen molar-refractivity contribution in [2.24, 2.45) is 5.92 Å². The Labute approximate surface area is 137 Å². The molecule has 0 bridgehead atoms. The molecule has 126 valence electrons. The monoisotopic (exact) mass is 318 g/mol. The van der Waals surface area contributed by atoms with Gasteiger partial charge in [-0.15, -0.1) is 0 Å². The number of nitrogens with zero attached hydrogens (tertiary/aromatic N) is 2. The van der Waals surface area contributed by atoms with E-state index in [1.807, 2.05) is 24.9 Å². The second kappa shape index (κ2) is 5.39. The van der Waals surface area contributed by atoms with Crippen LogP contribution in [0, 0.1) is 12.8 Å². The predicted molar refractivity (Wildman–Crippen MR) is 87.3 cm³/mol. The summed E-state index contributed by atoms with van der Waals surface area (Å²) < 4.78 is 5.82. The van der Waals surface area contributed by atoms with Gasteiger partial charge in [-0.2, -0.15) is 0 Å². The topological polar surface area (TPSA) is 53.8 Å². The Kier molecular flexibility index (Phi) is 3.77. The van der Waals surface area contributed by atoms with Crippen molar-refractivity contribution in [2.45, 2.75) is 52.0 Å². The average Bonchev–Trinajstić information content (AvgIpc) is 3.00. The van der Waals surface area contributed by atoms with E-state index in [2.05, 4.69) is 20.8 Å². The van der Waals surface area contributed by atoms with E-state index in [0.29, 0.717) is 17.9 Å². The number of furan rings is 1. The third kappa shape index (κ3) is 2.66. The molecule has 2 fully saturated rings. The minimum atomic E-state index is -0.128. The molecule has 3 rings (SSSR count). The van der Waals surface area contributed by atoms with Gasteiger partial charge in [0.05, 0.1) is 17.5 Å². The van der Waals surface area contributed by atoms with Crippen molar-refractivity contribution < 1.29 is 14.0 Å². The number of fused-ring (bicyclic) bond motifs is 1. The van der Waals surface area contributed by atoms with Crippen molar-refractivity contribution in [3.05, 3.63) is 23.2 Å². The lowest BCUT2D eigenvalue weighted by molar-refractivity contribution is -0.130. The first-order chi connectivity index (χ1) is 10.7. The lowest BCUT2D eigenvalue weighted by Gasteiger charge is -2.35. The van der Waals surface area contributed by atoms with Crippen LogP contribution in [0.2, 0.25) is 0 Å². The first-order valence-corrected chi connectivity index (χ1v) is 8.37. The lowest BCUT2D eigenvalue weighted by atomic mass is 9.90. The predicted octanol–water partition coefficient (Wildman–Crippen LogP) is 2.58. The molecule has 1 aromatic heterocycles. The van der Waals surface area contributed by atoms with Gasteiger partial charge in [0, 0.05) is 25.6 Å². The molecule has 0 saturated carbocycles. The standard InChI is InChI=1S/C18H26N2O3/c1-11-13(9-15(23-11)18(2,3)4)17(22)20-8-6-7-12-14(20)10-19(5)16(12)21/h9,12,14H,6-8,10H2,1-5H3/t12-,14-/m1/s1. The summed E-state index contributed by atoms with van der Waals surface area (Å²) in [5.41, 5.74) is 0.509. The van der Waals surface area contributed by atoms with Crippen LogP contribution >= 0.6 is 0 Å². The second-order valence-electron chi connectivity index (χ2n) is 7.86. The Bertz CT molecular complexity index is 641. The first-order valence-electron chi connectivity index (χ1n) is 8.37. The number of hydrogen-bond donors (Lipinski definition) is 0. The number of amides is 2. The summed E-state index contributed by atoms with van der Waals surface area (Å²) in [7, 11) is 1.82. The molecular weight excluding hydrogens is 292 g/mol. The minimum absolute atomic E-state index is 0.000417. The molecule has 0 spiro atoms. The van der Waals surface area contributed by atoms with Crippen LogP contribution in [0.15, 0.2) is 10.5 Å². The van der Waals surface area contributed by atoms with Gasteiger partial charge in [0.15, 0.2) is 0 Å². The summed E-state index contributed by atoms with van der Waals surface area (Å²) in [5, 5.41) is 0. The van der Waals surface area contributed by atoms with Crippen LogP contribution in [-0.2, 0) is 10.2 Å². The summed E-state index contributed by atoms with van der Waals surface area (Å²) in [4.78, 5) is 28.9. The molecule has 2 saturated heterocycles. The summed E-state index contributed by atoms with van der Waals surface area (Å²) in [5.74, 6) is 1.63. The molecule has 2 aliphatic heterocycles. The fraction of sp³-hybridized carbons (Fsp3) is 0.667. The van der Waals surface area contributed by atoms with Crippen LogP contribution in [0.1, 0.15) is 55.5 Å². The number of hydrogen-bond acceptors (Lipinski definition) is 3. The van der Waals surface area contributed by atoms with Crippen LogP contribution in [-0.4, -0.2) is 47.8 Å². The number of likely N-dealkylation sites (N-methyl/N-ethyl adjacent to an activating group) is 1. The highest BCUT2D eigenvalue weighted by molar-refractivity contribution is 5.96. The lowest BCUT2D eigenvalue weighted by Crippen LogP contribution is -2.48. The van der Waals surface area contributed by atoms with Gasteiger partial charge in [-0.3, -0.25) is 9.59 Å². The van der Waals surface area contributed by atoms with E-state index in [4.69, 9.17) is 4.42 Å². The van der Waals surface area contributed by atoms with Gasteiger partial charge in [0.1, 0.15) is 11.5 Å². The first kappa shape index (κ1) is 16.1. The molecule has 3 heterocycles. The van der Waals surface area contributed by atoms with Crippen LogP contribution < -0.4 is 0 Å². The van der Waals surface area contributed by atoms with Crippen molar-refractivity contribution >= 4 is 11.8 Å². The molecule has 0 aromatic carbocycles. The zero-order valence-electron chi connectivity index (χ0n) is 14.7. The van der Waals surface area contributed by atoms with Gasteiger partial charge < -0.3 is 14.2 Å². The van der Waals surface area contributed by atoms with E-state index in [-0.39, 0.29) is 29.2 Å². The molecule has 0 radical (unpaired) electrons. The third-order valence-electron chi connectivity index (χ3n) is 5.08. The Hall–Kier alpha value is -1.78. The molecule has 5 nitrogen and oxygen atoms in total. The van der Waals surface area contributed by atoms with Crippen LogP contribution in [0.5, 0.6) is 0 Å². The van der Waals surface area contributed by atoms with E-state index in [1.54, 1.807) is 4.90 Å². The SMILES string of the molecule is Cc1oc(C(C)(C)C)cc1C(=O)N1CCC[C@H]2C(=O)N(C)C[C@H]21. The van der Waals surface area contributed by atoms with Crippen LogP contribution in [0.4, 0.5) is 0 Å². The summed E-state index contributed by atoms with van der Waals surface area (Å²) >= 11 is 0. The van der Waals surface area contributed by atoms with Crippen molar-refractivity contribution in [1.29, 1.82) is 0 Å². The summed E-state index contributed by atoms with van der Waals surface area (Å²) in [6, 6.07) is 1.88. The average molecular weight is 318 g/mol. The fourth-order valence-corrected chi connectivity index (χ4v) is 3.70. The van der Waals surface area contributed by atoms with Gasteiger partial charge in [0.2, 0.25) is 5.91 Å². The quantitative estimate of drug-likeness (QED) is 0.800. The number of likely N-dealkylation sites (tertiary alicyclic amines) is 2. The highest BCUT2D eigenvalue weighted by atomic mass is 16.3. The van der Waals surface area contributed by atoms with Crippen molar-refractivity contribution in [3.63, 3.8) is 0 Å². The van der Waals surface area contributed by atoms with Crippen molar-refractivity contribution in [2.75, 3.05) is 20.1 Å². The summed E-state index contributed by atoms with van der Waals surface area (Å²) in [6.45, 7) is 9.41. The molecule has 0 unspecified atom stereocenters. The second-order valence-corrected chi connectivity index (χ2v) is 7.86. The van der Waals surface area contributed by atoms with Gasteiger partial charge in [0.25, 0.3) is 5.91 Å². The number of carbonyl (C=O) groups is 2. The maximum Gasteiger partial charge on any atom is 0.257 e. The van der Waals surface area contributed by atoms with Crippen molar-refractivity contribution in [3.8, 4) is 0 Å². The Morgan fingerprint density at radius 3 is 2.65 bits per heavy atom. The molecular formula is C18H26N2O3. The van der Waals surface area contributed by atoms with Crippen molar-refractivity contribution in [1.82, 2.24) is 9.80 Å². The molecule has 1 aromatic rings.